The molecule has 18 heavy (non-hydrogen) atoms. The van der Waals surface area contributed by atoms with Crippen molar-refractivity contribution in [2.24, 2.45) is 0 Å². The molecular formula is C12H12N2O2S2. The summed E-state index contributed by atoms with van der Waals surface area (Å²) in [6, 6.07) is 7.04. The van der Waals surface area contributed by atoms with Gasteiger partial charge in [0.2, 0.25) is 11.8 Å². The molecule has 2 rings (SSSR count). The van der Waals surface area contributed by atoms with E-state index >= 15 is 0 Å². The van der Waals surface area contributed by atoms with E-state index in [1.807, 2.05) is 6.92 Å². The van der Waals surface area contributed by atoms with E-state index in [4.69, 9.17) is 12.2 Å². The number of nitrogens with one attached hydrogen (secondary N) is 1. The smallest absolute Gasteiger partial charge is 0.245 e. The first kappa shape index (κ1) is 13.0. The van der Waals surface area contributed by atoms with Crippen molar-refractivity contribution in [2.75, 3.05) is 10.2 Å². The molecule has 1 aromatic carbocycles. The van der Waals surface area contributed by atoms with Crippen LogP contribution in [0.5, 0.6) is 0 Å². The van der Waals surface area contributed by atoms with Crippen LogP contribution in [-0.4, -0.2) is 21.4 Å². The summed E-state index contributed by atoms with van der Waals surface area (Å²) in [4.78, 5) is 24.4. The van der Waals surface area contributed by atoms with E-state index in [2.05, 4.69) is 5.32 Å². The lowest BCUT2D eigenvalue weighted by Crippen LogP contribution is -2.30. The van der Waals surface area contributed by atoms with Gasteiger partial charge in [-0.3, -0.25) is 14.5 Å². The summed E-state index contributed by atoms with van der Waals surface area (Å²) in [6.07, 6.45) is 0. The first-order chi connectivity index (χ1) is 8.49. The number of thiocarbonyl (C=S) groups is 1. The van der Waals surface area contributed by atoms with Crippen molar-refractivity contribution in [3.63, 3.8) is 0 Å². The molecule has 0 spiro atoms. The highest BCUT2D eigenvalue weighted by molar-refractivity contribution is 8.25. The average Bonchev–Trinajstić information content (AvgIpc) is 2.54. The van der Waals surface area contributed by atoms with Crippen LogP contribution in [0.1, 0.15) is 13.8 Å². The fourth-order valence-corrected chi connectivity index (χ4v) is 3.09. The van der Waals surface area contributed by atoms with Crippen LogP contribution < -0.4 is 10.2 Å². The maximum atomic E-state index is 11.9. The Balaban J connectivity index is 2.22. The molecule has 0 aromatic heterocycles. The fourth-order valence-electron chi connectivity index (χ4n) is 1.66. The largest absolute Gasteiger partial charge is 0.326 e. The third-order valence-electron chi connectivity index (χ3n) is 2.47. The van der Waals surface area contributed by atoms with Crippen LogP contribution in [0, 0.1) is 0 Å². The molecule has 1 aliphatic rings. The fraction of sp³-hybridized carbons (Fsp3) is 0.250. The number of anilines is 2. The van der Waals surface area contributed by atoms with Gasteiger partial charge in [0, 0.05) is 12.6 Å². The second-order valence-corrected chi connectivity index (χ2v) is 5.90. The number of amides is 2. The Kier molecular flexibility index (Phi) is 3.68. The number of benzene rings is 1. The summed E-state index contributed by atoms with van der Waals surface area (Å²) in [5.74, 6) is -0.128. The first-order valence-corrected chi connectivity index (χ1v) is 6.70. The summed E-state index contributed by atoms with van der Waals surface area (Å²) >= 11 is 6.56. The summed E-state index contributed by atoms with van der Waals surface area (Å²) < 4.78 is 0.569. The lowest BCUT2D eigenvalue weighted by Gasteiger charge is -2.15. The minimum Gasteiger partial charge on any atom is -0.326 e. The normalized spacial score (nSPS) is 19.2. The number of hydrogen-bond donors (Lipinski definition) is 1. The molecule has 6 heteroatoms. The van der Waals surface area contributed by atoms with Gasteiger partial charge in [-0.25, -0.2) is 0 Å². The van der Waals surface area contributed by atoms with Crippen LogP contribution in [0.4, 0.5) is 11.4 Å². The molecule has 1 atom stereocenters. The molecule has 0 aliphatic carbocycles. The minimum absolute atomic E-state index is 0.00252. The topological polar surface area (TPSA) is 49.4 Å². The second-order valence-electron chi connectivity index (χ2n) is 3.93. The molecule has 94 valence electrons. The number of nitrogens with zero attached hydrogens (tertiary/aromatic N) is 1. The van der Waals surface area contributed by atoms with E-state index < -0.39 is 0 Å². The molecule has 1 unspecified atom stereocenters. The van der Waals surface area contributed by atoms with E-state index in [0.717, 1.165) is 5.69 Å². The van der Waals surface area contributed by atoms with E-state index in [1.54, 1.807) is 24.3 Å². The Morgan fingerprint density at radius 3 is 2.44 bits per heavy atom. The highest BCUT2D eigenvalue weighted by Crippen LogP contribution is 2.32. The van der Waals surface area contributed by atoms with Gasteiger partial charge in [0.05, 0.1) is 10.9 Å². The molecule has 1 aromatic rings. The Morgan fingerprint density at radius 1 is 1.39 bits per heavy atom. The van der Waals surface area contributed by atoms with Crippen molar-refractivity contribution >= 4 is 51.5 Å². The third-order valence-corrected chi connectivity index (χ3v) is 3.88. The molecule has 1 N–H and O–H groups in total. The number of rotatable bonds is 2. The second kappa shape index (κ2) is 5.07. The summed E-state index contributed by atoms with van der Waals surface area (Å²) in [5, 5.41) is 2.54. The van der Waals surface area contributed by atoms with Crippen molar-refractivity contribution in [2.45, 2.75) is 19.1 Å². The molecule has 0 saturated carbocycles. The Labute approximate surface area is 115 Å². The SMILES string of the molecule is CC(=O)Nc1ccc(N2C(=O)C(C)SC2=S)cc1. The molecule has 1 fully saturated rings. The van der Waals surface area contributed by atoms with E-state index in [9.17, 15) is 9.59 Å². The maximum absolute atomic E-state index is 11.9. The molecule has 4 nitrogen and oxygen atoms in total. The molecule has 2 amide bonds. The summed E-state index contributed by atoms with van der Waals surface area (Å²) in [6.45, 7) is 3.29. The molecule has 1 aliphatic heterocycles. The standard InChI is InChI=1S/C12H12N2O2S2/c1-7-11(16)14(12(17)18-7)10-5-3-9(4-6-10)13-8(2)15/h3-7H,1-2H3,(H,13,15). The van der Waals surface area contributed by atoms with Gasteiger partial charge in [-0.1, -0.05) is 24.0 Å². The Bertz CT molecular complexity index is 513. The van der Waals surface area contributed by atoms with Crippen molar-refractivity contribution in [3.8, 4) is 0 Å². The van der Waals surface area contributed by atoms with Crippen LogP contribution in [0.3, 0.4) is 0 Å². The zero-order chi connectivity index (χ0) is 13.3. The lowest BCUT2D eigenvalue weighted by atomic mass is 10.2. The third kappa shape index (κ3) is 2.54. The molecule has 0 radical (unpaired) electrons. The summed E-state index contributed by atoms with van der Waals surface area (Å²) in [5.41, 5.74) is 1.43. The van der Waals surface area contributed by atoms with E-state index in [-0.39, 0.29) is 17.1 Å². The quantitative estimate of drug-likeness (QED) is 0.845. The predicted octanol–water partition coefficient (Wildman–Crippen LogP) is 2.40. The highest BCUT2D eigenvalue weighted by atomic mass is 32.2. The van der Waals surface area contributed by atoms with Gasteiger partial charge in [0.25, 0.3) is 0 Å². The minimum atomic E-state index is -0.132. The molecule has 1 saturated heterocycles. The van der Waals surface area contributed by atoms with Gasteiger partial charge in [-0.05, 0) is 31.2 Å². The number of carbonyl (C=O) groups excluding carboxylic acids is 2. The van der Waals surface area contributed by atoms with Crippen LogP contribution in [0.2, 0.25) is 0 Å². The monoisotopic (exact) mass is 280 g/mol. The van der Waals surface area contributed by atoms with E-state index in [0.29, 0.717) is 10.0 Å². The molecule has 1 heterocycles. The predicted molar refractivity (Wildman–Crippen MR) is 77.9 cm³/mol. The van der Waals surface area contributed by atoms with Gasteiger partial charge < -0.3 is 5.32 Å². The van der Waals surface area contributed by atoms with Gasteiger partial charge in [-0.15, -0.1) is 0 Å². The Morgan fingerprint density at radius 2 is 2.00 bits per heavy atom. The average molecular weight is 280 g/mol. The van der Waals surface area contributed by atoms with Crippen molar-refractivity contribution in [1.29, 1.82) is 0 Å². The van der Waals surface area contributed by atoms with Crippen molar-refractivity contribution in [1.82, 2.24) is 0 Å². The van der Waals surface area contributed by atoms with Crippen LogP contribution in [-0.2, 0) is 9.59 Å². The van der Waals surface area contributed by atoms with Gasteiger partial charge in [0.15, 0.2) is 0 Å². The Hall–Kier alpha value is -1.40. The van der Waals surface area contributed by atoms with Crippen LogP contribution in [0.25, 0.3) is 0 Å². The van der Waals surface area contributed by atoms with Gasteiger partial charge in [-0.2, -0.15) is 0 Å². The number of carbonyl (C=O) groups is 2. The lowest BCUT2D eigenvalue weighted by molar-refractivity contribution is -0.116. The van der Waals surface area contributed by atoms with Crippen molar-refractivity contribution < 1.29 is 9.59 Å². The van der Waals surface area contributed by atoms with E-state index in [1.165, 1.54) is 23.6 Å². The van der Waals surface area contributed by atoms with Gasteiger partial charge in [0.1, 0.15) is 4.32 Å². The summed E-state index contributed by atoms with van der Waals surface area (Å²) in [7, 11) is 0. The zero-order valence-electron chi connectivity index (χ0n) is 9.97. The maximum Gasteiger partial charge on any atom is 0.245 e. The first-order valence-electron chi connectivity index (χ1n) is 5.41. The molecular weight excluding hydrogens is 268 g/mol. The van der Waals surface area contributed by atoms with Gasteiger partial charge >= 0.3 is 0 Å². The van der Waals surface area contributed by atoms with Crippen LogP contribution >= 0.6 is 24.0 Å². The highest BCUT2D eigenvalue weighted by Gasteiger charge is 2.34. The number of thioether (sulfide) groups is 1. The molecule has 0 bridgehead atoms. The zero-order valence-corrected chi connectivity index (χ0v) is 11.6. The van der Waals surface area contributed by atoms with Crippen molar-refractivity contribution in [3.05, 3.63) is 24.3 Å². The number of hydrogen-bond acceptors (Lipinski definition) is 4. The van der Waals surface area contributed by atoms with Crippen LogP contribution in [0.15, 0.2) is 24.3 Å².